The maximum absolute atomic E-state index is 12.1. The first kappa shape index (κ1) is 20.2. The van der Waals surface area contributed by atoms with Crippen molar-refractivity contribution < 1.29 is 24.2 Å². The summed E-state index contributed by atoms with van der Waals surface area (Å²) in [6.07, 6.45) is -0.0477. The van der Waals surface area contributed by atoms with E-state index in [9.17, 15) is 14.4 Å². The maximum Gasteiger partial charge on any atom is 0.408 e. The van der Waals surface area contributed by atoms with E-state index in [1.165, 1.54) is 0 Å². The highest BCUT2D eigenvalue weighted by molar-refractivity contribution is 5.89. The predicted octanol–water partition coefficient (Wildman–Crippen LogP) is 1.91. The van der Waals surface area contributed by atoms with Crippen LogP contribution in [0.1, 0.15) is 54.4 Å². The molecule has 0 aliphatic rings. The first-order chi connectivity index (χ1) is 9.96. The molecule has 7 heteroatoms. The van der Waals surface area contributed by atoms with Crippen LogP contribution in [0.2, 0.25) is 0 Å². The fourth-order valence-electron chi connectivity index (χ4n) is 1.77. The summed E-state index contributed by atoms with van der Waals surface area (Å²) in [5.74, 6) is -1.49. The maximum atomic E-state index is 12.1. The van der Waals surface area contributed by atoms with Gasteiger partial charge in [0.15, 0.2) is 0 Å². The topological polar surface area (TPSA) is 105 Å². The van der Waals surface area contributed by atoms with Crippen LogP contribution in [0.5, 0.6) is 0 Å². The monoisotopic (exact) mass is 316 g/mol. The van der Waals surface area contributed by atoms with E-state index in [0.717, 1.165) is 0 Å². The Morgan fingerprint density at radius 1 is 1.09 bits per heavy atom. The van der Waals surface area contributed by atoms with Crippen molar-refractivity contribution in [3.63, 3.8) is 0 Å². The van der Waals surface area contributed by atoms with Crippen molar-refractivity contribution in [3.05, 3.63) is 0 Å². The average molecular weight is 316 g/mol. The van der Waals surface area contributed by atoms with E-state index in [-0.39, 0.29) is 5.92 Å². The summed E-state index contributed by atoms with van der Waals surface area (Å²) in [6, 6.07) is -1.80. The van der Waals surface area contributed by atoms with Crippen LogP contribution in [0.15, 0.2) is 0 Å². The Balaban J connectivity index is 4.69. The lowest BCUT2D eigenvalue weighted by Gasteiger charge is -2.24. The predicted molar refractivity (Wildman–Crippen MR) is 82.5 cm³/mol. The molecule has 7 nitrogen and oxygen atoms in total. The van der Waals surface area contributed by atoms with E-state index in [4.69, 9.17) is 9.84 Å². The molecule has 0 bridgehead atoms. The fourth-order valence-corrected chi connectivity index (χ4v) is 1.77. The zero-order valence-corrected chi connectivity index (χ0v) is 14.2. The third-order valence-corrected chi connectivity index (χ3v) is 2.74. The van der Waals surface area contributed by atoms with Gasteiger partial charge in [-0.15, -0.1) is 0 Å². The Morgan fingerprint density at radius 2 is 1.64 bits per heavy atom. The Kier molecular flexibility index (Phi) is 7.90. The zero-order valence-electron chi connectivity index (χ0n) is 14.2. The van der Waals surface area contributed by atoms with Gasteiger partial charge in [-0.1, -0.05) is 20.8 Å². The third kappa shape index (κ3) is 8.49. The minimum atomic E-state index is -1.09. The summed E-state index contributed by atoms with van der Waals surface area (Å²) in [5, 5.41) is 14.0. The highest BCUT2D eigenvalue weighted by Gasteiger charge is 2.27. The number of carboxylic acids is 1. The van der Waals surface area contributed by atoms with Crippen LogP contribution in [0.3, 0.4) is 0 Å². The highest BCUT2D eigenvalue weighted by Crippen LogP contribution is 2.08. The van der Waals surface area contributed by atoms with Crippen molar-refractivity contribution >= 4 is 18.0 Å². The Morgan fingerprint density at radius 3 is 2.00 bits per heavy atom. The highest BCUT2D eigenvalue weighted by atomic mass is 16.6. The van der Waals surface area contributed by atoms with E-state index in [1.807, 2.05) is 13.8 Å². The second-order valence-corrected chi connectivity index (χ2v) is 6.64. The number of carbonyl (C=O) groups excluding carboxylic acids is 2. The van der Waals surface area contributed by atoms with Crippen LogP contribution in [-0.4, -0.2) is 40.8 Å². The molecule has 0 aliphatic heterocycles. The van der Waals surface area contributed by atoms with Crippen molar-refractivity contribution in [2.45, 2.75) is 72.1 Å². The van der Waals surface area contributed by atoms with E-state index >= 15 is 0 Å². The number of alkyl carbamates (subject to hydrolysis) is 1. The molecule has 0 aromatic rings. The van der Waals surface area contributed by atoms with Crippen molar-refractivity contribution in [1.29, 1.82) is 0 Å². The summed E-state index contributed by atoms with van der Waals surface area (Å²) >= 11 is 0. The lowest BCUT2D eigenvalue weighted by Crippen LogP contribution is -2.52. The third-order valence-electron chi connectivity index (χ3n) is 2.74. The molecular weight excluding hydrogens is 288 g/mol. The van der Waals surface area contributed by atoms with Gasteiger partial charge in [-0.25, -0.2) is 9.59 Å². The molecule has 0 saturated carbocycles. The Labute approximate surface area is 131 Å². The van der Waals surface area contributed by atoms with Gasteiger partial charge >= 0.3 is 12.1 Å². The number of rotatable bonds is 7. The molecular formula is C15H28N2O5. The van der Waals surface area contributed by atoms with Gasteiger partial charge in [0, 0.05) is 0 Å². The lowest BCUT2D eigenvalue weighted by atomic mass is 10.0. The SMILES string of the molecule is CC[C@H](NC(=O)OC(C)(C)C)C(=O)N[C@@H](CC(C)C)C(=O)O. The molecule has 0 radical (unpaired) electrons. The second kappa shape index (κ2) is 8.60. The van der Waals surface area contributed by atoms with Crippen molar-refractivity contribution in [2.75, 3.05) is 0 Å². The molecule has 0 spiro atoms. The Bertz CT molecular complexity index is 401. The van der Waals surface area contributed by atoms with Gasteiger partial charge in [0.1, 0.15) is 17.7 Å². The lowest BCUT2D eigenvalue weighted by molar-refractivity contribution is -0.142. The molecule has 0 aliphatic carbocycles. The number of hydrogen-bond donors (Lipinski definition) is 3. The first-order valence-electron chi connectivity index (χ1n) is 7.49. The smallest absolute Gasteiger partial charge is 0.408 e. The zero-order chi connectivity index (χ0) is 17.5. The molecule has 22 heavy (non-hydrogen) atoms. The normalized spacial score (nSPS) is 14.1. The van der Waals surface area contributed by atoms with Gasteiger partial charge in [-0.3, -0.25) is 4.79 Å². The first-order valence-corrected chi connectivity index (χ1v) is 7.49. The number of carbonyl (C=O) groups is 3. The molecule has 0 aromatic carbocycles. The summed E-state index contributed by atoms with van der Waals surface area (Å²) in [7, 11) is 0. The van der Waals surface area contributed by atoms with Crippen LogP contribution >= 0.6 is 0 Å². The minimum absolute atomic E-state index is 0.125. The molecule has 0 rings (SSSR count). The van der Waals surface area contributed by atoms with Crippen LogP contribution in [0.25, 0.3) is 0 Å². The molecule has 0 unspecified atom stereocenters. The van der Waals surface area contributed by atoms with E-state index in [1.54, 1.807) is 27.7 Å². The number of nitrogens with one attached hydrogen (secondary N) is 2. The molecule has 3 N–H and O–H groups in total. The van der Waals surface area contributed by atoms with Gasteiger partial charge in [0.25, 0.3) is 0 Å². The summed E-state index contributed by atoms with van der Waals surface area (Å²) in [6.45, 7) is 10.6. The van der Waals surface area contributed by atoms with Crippen molar-refractivity contribution in [2.24, 2.45) is 5.92 Å². The summed E-state index contributed by atoms with van der Waals surface area (Å²) in [5.41, 5.74) is -0.667. The molecule has 0 fully saturated rings. The largest absolute Gasteiger partial charge is 0.480 e. The number of hydrogen-bond acceptors (Lipinski definition) is 4. The van der Waals surface area contributed by atoms with Gasteiger partial charge in [-0.05, 0) is 39.5 Å². The molecule has 0 aromatic heterocycles. The number of carboxylic acid groups (broad SMARTS) is 1. The van der Waals surface area contributed by atoms with Gasteiger partial charge < -0.3 is 20.5 Å². The Hall–Kier alpha value is -1.79. The van der Waals surface area contributed by atoms with Gasteiger partial charge in [-0.2, -0.15) is 0 Å². The van der Waals surface area contributed by atoms with Gasteiger partial charge in [0.05, 0.1) is 0 Å². The van der Waals surface area contributed by atoms with Crippen LogP contribution in [0, 0.1) is 5.92 Å². The molecule has 2 atom stereocenters. The number of ether oxygens (including phenoxy) is 1. The summed E-state index contributed by atoms with van der Waals surface area (Å²) < 4.78 is 5.09. The van der Waals surface area contributed by atoms with Crippen molar-refractivity contribution in [1.82, 2.24) is 10.6 Å². The van der Waals surface area contributed by atoms with E-state index in [0.29, 0.717) is 12.8 Å². The number of aliphatic carboxylic acids is 1. The quantitative estimate of drug-likeness (QED) is 0.665. The van der Waals surface area contributed by atoms with Gasteiger partial charge in [0.2, 0.25) is 5.91 Å². The molecule has 0 heterocycles. The van der Waals surface area contributed by atoms with Crippen LogP contribution in [-0.2, 0) is 14.3 Å². The van der Waals surface area contributed by atoms with Crippen LogP contribution in [0.4, 0.5) is 4.79 Å². The molecule has 128 valence electrons. The van der Waals surface area contributed by atoms with E-state index in [2.05, 4.69) is 10.6 Å². The number of amides is 2. The minimum Gasteiger partial charge on any atom is -0.480 e. The standard InChI is InChI=1S/C15H28N2O5/c1-7-10(17-14(21)22-15(4,5)6)12(18)16-11(13(19)20)8-9(2)3/h9-11H,7-8H2,1-6H3,(H,16,18)(H,17,21)(H,19,20)/t10-,11-/m0/s1. The second-order valence-electron chi connectivity index (χ2n) is 6.64. The molecule has 2 amide bonds. The van der Waals surface area contributed by atoms with E-state index < -0.39 is 35.7 Å². The average Bonchev–Trinajstić information content (AvgIpc) is 2.31. The fraction of sp³-hybridized carbons (Fsp3) is 0.800. The molecule has 0 saturated heterocycles. The van der Waals surface area contributed by atoms with Crippen molar-refractivity contribution in [3.8, 4) is 0 Å². The summed E-state index contributed by atoms with van der Waals surface area (Å²) in [4.78, 5) is 35.0. The van der Waals surface area contributed by atoms with Crippen LogP contribution < -0.4 is 10.6 Å².